The normalized spacial score (nSPS) is 13.5. The number of anilines is 1. The highest BCUT2D eigenvalue weighted by molar-refractivity contribution is 7.17. The summed E-state index contributed by atoms with van der Waals surface area (Å²) in [6.07, 6.45) is 5.58. The number of fused-ring (bicyclic) bond motifs is 1. The molecule has 25 heavy (non-hydrogen) atoms. The van der Waals surface area contributed by atoms with Gasteiger partial charge in [-0.25, -0.2) is 0 Å². The summed E-state index contributed by atoms with van der Waals surface area (Å²) < 4.78 is 5.28. The number of rotatable bonds is 4. The highest BCUT2D eigenvalue weighted by atomic mass is 32.1. The summed E-state index contributed by atoms with van der Waals surface area (Å²) in [6.45, 7) is 1.83. The van der Waals surface area contributed by atoms with Crippen LogP contribution in [0.3, 0.4) is 0 Å². The maximum absolute atomic E-state index is 13.0. The summed E-state index contributed by atoms with van der Waals surface area (Å²) in [7, 11) is 0. The van der Waals surface area contributed by atoms with Crippen molar-refractivity contribution in [1.82, 2.24) is 0 Å². The Bertz CT molecular complexity index is 934. The van der Waals surface area contributed by atoms with E-state index in [0.29, 0.717) is 21.2 Å². The van der Waals surface area contributed by atoms with Crippen molar-refractivity contribution < 1.29 is 14.0 Å². The molecule has 3 aromatic heterocycles. The highest BCUT2D eigenvalue weighted by Crippen LogP contribution is 2.40. The topological polar surface area (TPSA) is 59.3 Å². The quantitative estimate of drug-likeness (QED) is 0.651. The number of nitrogens with one attached hydrogen (secondary N) is 1. The molecular formula is C19H17NO3S2. The van der Waals surface area contributed by atoms with Gasteiger partial charge in [0.2, 0.25) is 5.78 Å². The van der Waals surface area contributed by atoms with Gasteiger partial charge in [0.25, 0.3) is 5.91 Å². The standard InChI is InChI=1S/C19H17NO3S2/c1-11-8-9-23-17(11)18(22)20-19-15(16(21)14-7-4-10-24-14)12-5-2-3-6-13(12)25-19/h4,7-10H,2-3,5-6H2,1H3,(H,20,22). The van der Waals surface area contributed by atoms with E-state index in [2.05, 4.69) is 5.32 Å². The summed E-state index contributed by atoms with van der Waals surface area (Å²) in [5.74, 6) is -0.0110. The summed E-state index contributed by atoms with van der Waals surface area (Å²) in [4.78, 5) is 27.5. The number of ketones is 1. The molecule has 0 fully saturated rings. The Morgan fingerprint density at radius 1 is 1.20 bits per heavy atom. The van der Waals surface area contributed by atoms with Crippen molar-refractivity contribution in [3.8, 4) is 0 Å². The van der Waals surface area contributed by atoms with Gasteiger partial charge in [0.15, 0.2) is 5.76 Å². The minimum atomic E-state index is -0.304. The van der Waals surface area contributed by atoms with Crippen LogP contribution in [0.2, 0.25) is 0 Å². The molecule has 0 unspecified atom stereocenters. The smallest absolute Gasteiger partial charge is 0.292 e. The molecule has 0 bridgehead atoms. The number of carbonyl (C=O) groups is 2. The van der Waals surface area contributed by atoms with Crippen LogP contribution in [0.4, 0.5) is 5.00 Å². The number of hydrogen-bond donors (Lipinski definition) is 1. The van der Waals surface area contributed by atoms with Crippen LogP contribution in [-0.2, 0) is 12.8 Å². The van der Waals surface area contributed by atoms with Crippen LogP contribution in [0.15, 0.2) is 34.3 Å². The van der Waals surface area contributed by atoms with Crippen LogP contribution in [0.5, 0.6) is 0 Å². The molecule has 4 rings (SSSR count). The third-order valence-corrected chi connectivity index (χ3v) is 6.51. The van der Waals surface area contributed by atoms with E-state index in [9.17, 15) is 9.59 Å². The summed E-state index contributed by atoms with van der Waals surface area (Å²) >= 11 is 2.96. The van der Waals surface area contributed by atoms with Crippen molar-refractivity contribution in [2.24, 2.45) is 0 Å². The molecule has 1 aliphatic rings. The monoisotopic (exact) mass is 371 g/mol. The van der Waals surface area contributed by atoms with Gasteiger partial charge in [0.05, 0.1) is 16.7 Å². The lowest BCUT2D eigenvalue weighted by atomic mass is 9.93. The largest absolute Gasteiger partial charge is 0.459 e. The van der Waals surface area contributed by atoms with Crippen LogP contribution in [0, 0.1) is 6.92 Å². The van der Waals surface area contributed by atoms with Crippen molar-refractivity contribution in [2.45, 2.75) is 32.6 Å². The molecule has 3 aromatic rings. The lowest BCUT2D eigenvalue weighted by molar-refractivity contribution is 0.0996. The molecule has 0 saturated carbocycles. The summed E-state index contributed by atoms with van der Waals surface area (Å²) in [6, 6.07) is 5.47. The van der Waals surface area contributed by atoms with Gasteiger partial charge < -0.3 is 9.73 Å². The average molecular weight is 371 g/mol. The van der Waals surface area contributed by atoms with E-state index in [1.54, 1.807) is 6.07 Å². The van der Waals surface area contributed by atoms with Crippen molar-refractivity contribution in [3.63, 3.8) is 0 Å². The number of hydrogen-bond acceptors (Lipinski definition) is 5. The Hall–Kier alpha value is -2.18. The van der Waals surface area contributed by atoms with E-state index < -0.39 is 0 Å². The zero-order valence-electron chi connectivity index (χ0n) is 13.8. The molecule has 1 N–H and O–H groups in total. The molecule has 0 saturated heterocycles. The van der Waals surface area contributed by atoms with Crippen LogP contribution >= 0.6 is 22.7 Å². The van der Waals surface area contributed by atoms with E-state index in [-0.39, 0.29) is 11.7 Å². The van der Waals surface area contributed by atoms with Crippen molar-refractivity contribution in [1.29, 1.82) is 0 Å². The molecule has 0 radical (unpaired) electrons. The fourth-order valence-electron chi connectivity index (χ4n) is 3.19. The number of furan rings is 1. The maximum atomic E-state index is 13.0. The van der Waals surface area contributed by atoms with E-state index in [1.807, 2.05) is 24.4 Å². The van der Waals surface area contributed by atoms with E-state index in [1.165, 1.54) is 33.8 Å². The van der Waals surface area contributed by atoms with Gasteiger partial charge >= 0.3 is 0 Å². The highest BCUT2D eigenvalue weighted by Gasteiger charge is 2.28. The molecule has 1 amide bonds. The van der Waals surface area contributed by atoms with E-state index in [4.69, 9.17) is 4.42 Å². The SMILES string of the molecule is Cc1ccoc1C(=O)Nc1sc2c(c1C(=O)c1cccs1)CCCC2. The Balaban J connectivity index is 1.74. The molecular weight excluding hydrogens is 354 g/mol. The maximum Gasteiger partial charge on any atom is 0.292 e. The van der Waals surface area contributed by atoms with Gasteiger partial charge in [0.1, 0.15) is 5.00 Å². The lowest BCUT2D eigenvalue weighted by Gasteiger charge is -2.12. The Labute approximate surface area is 153 Å². The number of amides is 1. The third kappa shape index (κ3) is 2.96. The van der Waals surface area contributed by atoms with Gasteiger partial charge in [0, 0.05) is 10.4 Å². The minimum Gasteiger partial charge on any atom is -0.459 e. The summed E-state index contributed by atoms with van der Waals surface area (Å²) in [5.41, 5.74) is 2.56. The van der Waals surface area contributed by atoms with Crippen molar-refractivity contribution >= 4 is 39.4 Å². The summed E-state index contributed by atoms with van der Waals surface area (Å²) in [5, 5.41) is 5.47. The molecule has 0 aliphatic heterocycles. The second-order valence-corrected chi connectivity index (χ2v) is 8.16. The first-order valence-corrected chi connectivity index (χ1v) is 9.93. The van der Waals surface area contributed by atoms with Gasteiger partial charge in [-0.15, -0.1) is 22.7 Å². The van der Waals surface area contributed by atoms with E-state index in [0.717, 1.165) is 36.8 Å². The molecule has 4 nitrogen and oxygen atoms in total. The molecule has 0 aromatic carbocycles. The first kappa shape index (κ1) is 16.3. The predicted octanol–water partition coefficient (Wildman–Crippen LogP) is 5.07. The molecule has 1 aliphatic carbocycles. The van der Waals surface area contributed by atoms with Gasteiger partial charge in [-0.3, -0.25) is 9.59 Å². The minimum absolute atomic E-state index is 0.000803. The zero-order valence-corrected chi connectivity index (χ0v) is 15.4. The molecule has 6 heteroatoms. The van der Waals surface area contributed by atoms with Crippen LogP contribution in [0.25, 0.3) is 0 Å². The van der Waals surface area contributed by atoms with E-state index >= 15 is 0 Å². The Morgan fingerprint density at radius 2 is 2.04 bits per heavy atom. The fraction of sp³-hybridized carbons (Fsp3) is 0.263. The second kappa shape index (κ2) is 6.61. The second-order valence-electron chi connectivity index (χ2n) is 6.11. The molecule has 0 spiro atoms. The van der Waals surface area contributed by atoms with Crippen LogP contribution in [-0.4, -0.2) is 11.7 Å². The van der Waals surface area contributed by atoms with Crippen LogP contribution < -0.4 is 5.32 Å². The molecule has 0 atom stereocenters. The van der Waals surface area contributed by atoms with Gasteiger partial charge in [-0.2, -0.15) is 0 Å². The average Bonchev–Trinajstić information content (AvgIpc) is 3.33. The Morgan fingerprint density at radius 3 is 2.76 bits per heavy atom. The van der Waals surface area contributed by atoms with Gasteiger partial charge in [-0.1, -0.05) is 6.07 Å². The fourth-order valence-corrected chi connectivity index (χ4v) is 5.14. The number of carbonyl (C=O) groups excluding carboxylic acids is 2. The number of aryl methyl sites for hydroxylation is 2. The van der Waals surface area contributed by atoms with Crippen molar-refractivity contribution in [3.05, 3.63) is 62.0 Å². The molecule has 3 heterocycles. The molecule has 128 valence electrons. The first-order valence-electron chi connectivity index (χ1n) is 8.23. The third-order valence-electron chi connectivity index (χ3n) is 4.44. The van der Waals surface area contributed by atoms with Crippen molar-refractivity contribution in [2.75, 3.05) is 5.32 Å². The van der Waals surface area contributed by atoms with Crippen LogP contribution in [0.1, 0.15) is 54.6 Å². The number of thiophene rings is 2. The zero-order chi connectivity index (χ0) is 17.4. The first-order chi connectivity index (χ1) is 12.1. The van der Waals surface area contributed by atoms with Gasteiger partial charge in [-0.05, 0) is 55.7 Å². The predicted molar refractivity (Wildman–Crippen MR) is 100 cm³/mol. The Kier molecular flexibility index (Phi) is 4.31. The lowest BCUT2D eigenvalue weighted by Crippen LogP contribution is -2.14.